The summed E-state index contributed by atoms with van der Waals surface area (Å²) < 4.78 is 35.2. The summed E-state index contributed by atoms with van der Waals surface area (Å²) in [5.41, 5.74) is 0.903. The molecule has 13 nitrogen and oxygen atoms in total. The van der Waals surface area contributed by atoms with Crippen LogP contribution in [0.15, 0.2) is 24.3 Å². The summed E-state index contributed by atoms with van der Waals surface area (Å²) in [6.07, 6.45) is -6.63. The Bertz CT molecular complexity index is 1710. The van der Waals surface area contributed by atoms with Gasteiger partial charge in [0, 0.05) is 50.9 Å². The molecule has 1 aliphatic heterocycles. The third-order valence-electron chi connectivity index (χ3n) is 7.79. The van der Waals surface area contributed by atoms with E-state index in [1.54, 1.807) is 24.3 Å². The second-order valence-corrected chi connectivity index (χ2v) is 12.5. The first-order valence-electron chi connectivity index (χ1n) is 14.8. The maximum atomic E-state index is 14.0. The lowest BCUT2D eigenvalue weighted by Gasteiger charge is -2.46. The van der Waals surface area contributed by atoms with Crippen molar-refractivity contribution in [3.63, 3.8) is 0 Å². The largest absolute Gasteiger partial charge is 0.497 e. The van der Waals surface area contributed by atoms with Gasteiger partial charge in [-0.05, 0) is 29.5 Å². The molecule has 0 spiro atoms. The molecule has 2 heterocycles. The van der Waals surface area contributed by atoms with E-state index in [0.29, 0.717) is 22.6 Å². The summed E-state index contributed by atoms with van der Waals surface area (Å²) in [6.45, 7) is 7.89. The predicted molar refractivity (Wildman–Crippen MR) is 166 cm³/mol. The number of benzene rings is 1. The molecule has 5 atom stereocenters. The first kappa shape index (κ1) is 35.2. The van der Waals surface area contributed by atoms with Gasteiger partial charge in [0.2, 0.25) is 0 Å². The lowest BCUT2D eigenvalue weighted by atomic mass is 9.73. The summed E-state index contributed by atoms with van der Waals surface area (Å²) in [4.78, 5) is 63.0. The van der Waals surface area contributed by atoms with Crippen molar-refractivity contribution < 1.29 is 52.4 Å². The summed E-state index contributed by atoms with van der Waals surface area (Å²) >= 11 is 5.95. The van der Waals surface area contributed by atoms with Gasteiger partial charge in [0.25, 0.3) is 0 Å². The Morgan fingerprint density at radius 2 is 1.49 bits per heavy atom. The molecule has 250 valence electrons. The molecule has 1 aliphatic carbocycles. The van der Waals surface area contributed by atoms with Gasteiger partial charge in [-0.2, -0.15) is 5.26 Å². The summed E-state index contributed by atoms with van der Waals surface area (Å²) in [5.74, 6) is -2.74. The van der Waals surface area contributed by atoms with Gasteiger partial charge < -0.3 is 33.0 Å². The molecule has 0 bridgehead atoms. The minimum atomic E-state index is -1.50. The number of esters is 4. The zero-order valence-electron chi connectivity index (χ0n) is 27.1. The fraction of sp³-hybridized carbons (Fsp3) is 0.485. The van der Waals surface area contributed by atoms with Crippen LogP contribution < -0.4 is 4.74 Å². The molecule has 4 rings (SSSR count). The van der Waals surface area contributed by atoms with E-state index in [9.17, 15) is 29.2 Å². The number of nitrogens with zero attached hydrogens (tertiary/aromatic N) is 2. The Balaban J connectivity index is 2.08. The van der Waals surface area contributed by atoms with Crippen LogP contribution in [0.2, 0.25) is 0 Å². The van der Waals surface area contributed by atoms with Crippen LogP contribution >= 0.6 is 12.2 Å². The first-order chi connectivity index (χ1) is 22.1. The number of methoxy groups -OCH3 is 1. The van der Waals surface area contributed by atoms with E-state index in [-0.39, 0.29) is 34.4 Å². The summed E-state index contributed by atoms with van der Waals surface area (Å²) in [6, 6.07) is 8.98. The van der Waals surface area contributed by atoms with Crippen LogP contribution in [0.25, 0.3) is 11.1 Å². The SMILES string of the molecule is COc1ccc(-c2c3c(n([C@@H]4O[C@H](COC(C)=O)[C@@H](OC(C)=O)[C@H](OC(C)=O)[C@@H]4OC(C)=O)c(=S)c2C#N)CC(C)(C)CC3=O)cc1. The topological polar surface area (TPSA) is 169 Å². The fourth-order valence-electron chi connectivity index (χ4n) is 6.09. The smallest absolute Gasteiger partial charge is 0.303 e. The molecule has 1 saturated heterocycles. The molecule has 0 amide bonds. The maximum Gasteiger partial charge on any atom is 0.303 e. The maximum absolute atomic E-state index is 14.0. The van der Waals surface area contributed by atoms with Crippen molar-refractivity contribution in [2.24, 2.45) is 5.41 Å². The molecule has 0 saturated carbocycles. The van der Waals surface area contributed by atoms with Crippen molar-refractivity contribution in [1.29, 1.82) is 5.26 Å². The summed E-state index contributed by atoms with van der Waals surface area (Å²) in [7, 11) is 1.52. The van der Waals surface area contributed by atoms with Crippen molar-refractivity contribution in [3.8, 4) is 22.9 Å². The van der Waals surface area contributed by atoms with E-state index in [1.807, 2.05) is 13.8 Å². The molecule has 1 aromatic heterocycles. The molecule has 2 aliphatic rings. The van der Waals surface area contributed by atoms with Gasteiger partial charge in [0.05, 0.1) is 12.7 Å². The predicted octanol–water partition coefficient (Wildman–Crippen LogP) is 4.18. The molecule has 14 heteroatoms. The van der Waals surface area contributed by atoms with Crippen LogP contribution in [-0.4, -0.2) is 72.4 Å². The van der Waals surface area contributed by atoms with Crippen molar-refractivity contribution in [3.05, 3.63) is 45.7 Å². The Labute approximate surface area is 276 Å². The Hall–Kier alpha value is -4.61. The number of fused-ring (bicyclic) bond motifs is 1. The first-order valence-corrected chi connectivity index (χ1v) is 15.2. The van der Waals surface area contributed by atoms with Crippen LogP contribution in [0.5, 0.6) is 5.75 Å². The normalized spacial score (nSPS) is 23.0. The zero-order chi connectivity index (χ0) is 34.8. The van der Waals surface area contributed by atoms with Gasteiger partial charge in [0.15, 0.2) is 30.3 Å². The Kier molecular flexibility index (Phi) is 10.5. The summed E-state index contributed by atoms with van der Waals surface area (Å²) in [5, 5.41) is 10.5. The van der Waals surface area contributed by atoms with Crippen LogP contribution in [-0.2, 0) is 49.3 Å². The number of nitriles is 1. The number of hydrogen-bond donors (Lipinski definition) is 0. The standard InChI is InChI=1S/C33H36N2O11S/c1-16(36)42-15-25-28(43-17(2)37)29(44-18(3)38)30(45-19(4)39)31(46-25)35-23-12-33(5,6)13-24(40)27(23)26(22(14-34)32(35)47)20-8-10-21(41-7)11-9-20/h8-11,25,28-31H,12-13,15H2,1-7H3/t25-,28-,29+,30+,31-/m1/s1. The lowest BCUT2D eigenvalue weighted by molar-refractivity contribution is -0.269. The number of carbonyl (C=O) groups excluding carboxylic acids is 5. The van der Waals surface area contributed by atoms with E-state index >= 15 is 0 Å². The highest BCUT2D eigenvalue weighted by atomic mass is 32.1. The van der Waals surface area contributed by atoms with Crippen molar-refractivity contribution in [2.75, 3.05) is 13.7 Å². The number of rotatable bonds is 8. The van der Waals surface area contributed by atoms with Gasteiger partial charge in [-0.3, -0.25) is 24.0 Å². The van der Waals surface area contributed by atoms with Crippen LogP contribution in [0.1, 0.15) is 75.8 Å². The number of pyridine rings is 1. The number of carbonyl (C=O) groups is 5. The molecule has 47 heavy (non-hydrogen) atoms. The van der Waals surface area contributed by atoms with Crippen molar-refractivity contribution >= 4 is 41.9 Å². The van der Waals surface area contributed by atoms with E-state index in [4.69, 9.17) is 40.6 Å². The highest BCUT2D eigenvalue weighted by Crippen LogP contribution is 2.45. The minimum absolute atomic E-state index is 0.0233. The number of aromatic nitrogens is 1. The monoisotopic (exact) mass is 668 g/mol. The number of hydrogen-bond acceptors (Lipinski definition) is 13. The van der Waals surface area contributed by atoms with Gasteiger partial charge in [-0.1, -0.05) is 38.2 Å². The third kappa shape index (κ3) is 7.52. The lowest BCUT2D eigenvalue weighted by Crippen LogP contribution is -2.61. The quantitative estimate of drug-likeness (QED) is 0.223. The Morgan fingerprint density at radius 3 is 2.02 bits per heavy atom. The van der Waals surface area contributed by atoms with Crippen LogP contribution in [0, 0.1) is 21.4 Å². The van der Waals surface area contributed by atoms with Gasteiger partial charge in [-0.25, -0.2) is 0 Å². The number of ketones is 1. The van der Waals surface area contributed by atoms with Crippen LogP contribution in [0.4, 0.5) is 0 Å². The van der Waals surface area contributed by atoms with E-state index < -0.39 is 66.5 Å². The molecule has 1 fully saturated rings. The molecular weight excluding hydrogens is 632 g/mol. The molecule has 0 radical (unpaired) electrons. The number of ether oxygens (including phenoxy) is 6. The Morgan fingerprint density at radius 1 is 0.915 bits per heavy atom. The van der Waals surface area contributed by atoms with Crippen molar-refractivity contribution in [1.82, 2.24) is 4.57 Å². The average Bonchev–Trinajstić information content (AvgIpc) is 2.97. The third-order valence-corrected chi connectivity index (χ3v) is 8.19. The van der Waals surface area contributed by atoms with Gasteiger partial charge >= 0.3 is 23.9 Å². The second-order valence-electron chi connectivity index (χ2n) is 12.1. The fourth-order valence-corrected chi connectivity index (χ4v) is 6.45. The van der Waals surface area contributed by atoms with Gasteiger partial charge in [-0.15, -0.1) is 0 Å². The van der Waals surface area contributed by atoms with Gasteiger partial charge in [0.1, 0.15) is 29.2 Å². The van der Waals surface area contributed by atoms with E-state index in [2.05, 4.69) is 6.07 Å². The highest BCUT2D eigenvalue weighted by Gasteiger charge is 2.54. The average molecular weight is 669 g/mol. The molecule has 0 unspecified atom stereocenters. The molecule has 2 aromatic rings. The van der Waals surface area contributed by atoms with Crippen LogP contribution in [0.3, 0.4) is 0 Å². The molecule has 1 aromatic carbocycles. The molecule has 0 N–H and O–H groups in total. The highest BCUT2D eigenvalue weighted by molar-refractivity contribution is 7.71. The minimum Gasteiger partial charge on any atom is -0.497 e. The van der Waals surface area contributed by atoms with E-state index in [1.165, 1.54) is 18.6 Å². The zero-order valence-corrected chi connectivity index (χ0v) is 27.9. The van der Waals surface area contributed by atoms with Crippen molar-refractivity contribution in [2.45, 2.75) is 85.0 Å². The number of Topliss-reactive ketones (excluding diaryl/α,β-unsaturated/α-hetero) is 1. The molecular formula is C33H36N2O11S. The van der Waals surface area contributed by atoms with E-state index in [0.717, 1.165) is 20.8 Å². The second kappa shape index (κ2) is 14.0.